The minimum absolute atomic E-state index is 0.0675. The Morgan fingerprint density at radius 1 is 0.472 bits per heavy atom. The molecule has 356 valence electrons. The van der Waals surface area contributed by atoms with Crippen LogP contribution in [0.25, 0.3) is 72.0 Å². The molecule has 0 radical (unpaired) electrons. The van der Waals surface area contributed by atoms with Gasteiger partial charge in [0, 0.05) is 55.2 Å². The van der Waals surface area contributed by atoms with E-state index in [1.54, 1.807) is 0 Å². The lowest BCUT2D eigenvalue weighted by atomic mass is 9.58. The van der Waals surface area contributed by atoms with Gasteiger partial charge in [-0.05, 0) is 166 Å². The summed E-state index contributed by atoms with van der Waals surface area (Å²) in [6.45, 7) is 31.4. The molecule has 4 aliphatic carbocycles. The molecule has 0 saturated heterocycles. The van der Waals surface area contributed by atoms with Crippen molar-refractivity contribution >= 4 is 51.4 Å². The Morgan fingerprint density at radius 3 is 1.76 bits per heavy atom. The van der Waals surface area contributed by atoms with Crippen LogP contribution in [0.3, 0.4) is 0 Å². The summed E-state index contributed by atoms with van der Waals surface area (Å²) in [5.74, 6) is 0. The molecule has 1 aliphatic heterocycles. The maximum absolute atomic E-state index is 4.10. The van der Waals surface area contributed by atoms with Crippen LogP contribution in [0.2, 0.25) is 0 Å². The third-order valence-corrected chi connectivity index (χ3v) is 19.2. The van der Waals surface area contributed by atoms with Crippen molar-refractivity contribution in [1.82, 2.24) is 4.57 Å². The molecule has 3 heteroatoms. The maximum Gasteiger partial charge on any atom is 0.198 e. The SMILES string of the molecule is CC(C)(C)c1ccc(Nc2cc3c(cc2-c2ccc4c5c6c(ccc5n5c4c2Bc2cc4c(cc2-5)C(C)(C)c2ccccc2-4)C(C)(C)c2ccccc2-6)-c2cc4c(cc2C3(C)C)C(C)(C)CCC4(C)C)cc1. The molecule has 0 unspecified atom stereocenters. The van der Waals surface area contributed by atoms with Crippen LogP contribution in [0.1, 0.15) is 153 Å². The van der Waals surface area contributed by atoms with Gasteiger partial charge in [-0.1, -0.05) is 186 Å². The molecule has 1 aromatic heterocycles. The lowest BCUT2D eigenvalue weighted by molar-refractivity contribution is 0.331. The van der Waals surface area contributed by atoms with Crippen LogP contribution in [0.5, 0.6) is 0 Å². The summed E-state index contributed by atoms with van der Waals surface area (Å²) in [4.78, 5) is 0. The van der Waals surface area contributed by atoms with Gasteiger partial charge in [0.05, 0.1) is 5.52 Å². The van der Waals surface area contributed by atoms with Crippen LogP contribution in [0.4, 0.5) is 11.4 Å². The molecule has 1 N–H and O–H groups in total. The zero-order chi connectivity index (χ0) is 50.0. The Bertz CT molecular complexity index is 3910. The van der Waals surface area contributed by atoms with E-state index in [4.69, 9.17) is 0 Å². The highest BCUT2D eigenvalue weighted by Crippen LogP contribution is 2.58. The second-order valence-corrected chi connectivity index (χ2v) is 26.5. The van der Waals surface area contributed by atoms with Gasteiger partial charge in [-0.25, -0.2) is 0 Å². The van der Waals surface area contributed by atoms with Crippen LogP contribution in [-0.2, 0) is 32.5 Å². The summed E-state index contributed by atoms with van der Waals surface area (Å²) in [6, 6.07) is 53.0. The lowest BCUT2D eigenvalue weighted by Gasteiger charge is -2.42. The van der Waals surface area contributed by atoms with Gasteiger partial charge in [-0.2, -0.15) is 0 Å². The summed E-state index contributed by atoms with van der Waals surface area (Å²) in [5, 5.41) is 6.83. The van der Waals surface area contributed by atoms with Gasteiger partial charge in [-0.3, -0.25) is 0 Å². The van der Waals surface area contributed by atoms with Crippen molar-refractivity contribution < 1.29 is 0 Å². The number of hydrogen-bond acceptors (Lipinski definition) is 1. The highest BCUT2D eigenvalue weighted by molar-refractivity contribution is 6.73. The molecule has 0 bridgehead atoms. The van der Waals surface area contributed by atoms with Crippen LogP contribution in [0, 0.1) is 0 Å². The minimum atomic E-state index is -0.180. The molecule has 0 spiro atoms. The van der Waals surface area contributed by atoms with Crippen molar-refractivity contribution in [3.05, 3.63) is 184 Å². The smallest absolute Gasteiger partial charge is 0.198 e. The van der Waals surface area contributed by atoms with E-state index >= 15 is 0 Å². The Labute approximate surface area is 428 Å². The normalized spacial score (nSPS) is 18.1. The summed E-state index contributed by atoms with van der Waals surface area (Å²) in [7, 11) is 0.841. The van der Waals surface area contributed by atoms with Crippen molar-refractivity contribution in [2.24, 2.45) is 0 Å². The van der Waals surface area contributed by atoms with Crippen molar-refractivity contribution in [2.45, 2.75) is 135 Å². The van der Waals surface area contributed by atoms with Gasteiger partial charge in [-0.15, -0.1) is 0 Å². The van der Waals surface area contributed by atoms with Gasteiger partial charge in [0.2, 0.25) is 0 Å². The first-order valence-corrected chi connectivity index (χ1v) is 26.8. The topological polar surface area (TPSA) is 17.0 Å². The van der Waals surface area contributed by atoms with Crippen molar-refractivity contribution in [3.8, 4) is 50.2 Å². The van der Waals surface area contributed by atoms with Crippen molar-refractivity contribution in [3.63, 3.8) is 0 Å². The van der Waals surface area contributed by atoms with E-state index in [1.165, 1.54) is 146 Å². The number of nitrogens with one attached hydrogen (secondary N) is 1. The molecule has 0 fully saturated rings. The lowest BCUT2D eigenvalue weighted by Crippen LogP contribution is -2.37. The van der Waals surface area contributed by atoms with E-state index in [1.807, 2.05) is 0 Å². The van der Waals surface area contributed by atoms with E-state index < -0.39 is 0 Å². The summed E-state index contributed by atoms with van der Waals surface area (Å²) in [6.07, 6.45) is 2.40. The molecular weight excluding hydrogens is 868 g/mol. The van der Waals surface area contributed by atoms with E-state index in [0.717, 1.165) is 18.7 Å². The Balaban J connectivity index is 1.07. The molecule has 5 aliphatic rings. The average molecular weight is 935 g/mol. The number of benzene rings is 8. The fraction of sp³-hybridized carbons (Fsp3) is 0.304. The first-order valence-electron chi connectivity index (χ1n) is 26.8. The Kier molecular flexibility index (Phi) is 8.54. The number of fused-ring (bicyclic) bond motifs is 16. The fourth-order valence-electron chi connectivity index (χ4n) is 14.8. The highest BCUT2D eigenvalue weighted by Gasteiger charge is 2.45. The molecule has 14 rings (SSSR count). The third kappa shape index (κ3) is 5.69. The number of rotatable bonds is 3. The van der Waals surface area contributed by atoms with Gasteiger partial charge >= 0.3 is 0 Å². The molecule has 0 saturated carbocycles. The van der Waals surface area contributed by atoms with E-state index in [0.29, 0.717) is 0 Å². The van der Waals surface area contributed by atoms with Gasteiger partial charge < -0.3 is 9.88 Å². The van der Waals surface area contributed by atoms with Crippen LogP contribution < -0.4 is 16.2 Å². The van der Waals surface area contributed by atoms with E-state index in [2.05, 4.69) is 233 Å². The minimum Gasteiger partial charge on any atom is -0.355 e. The second kappa shape index (κ2) is 13.9. The number of anilines is 2. The molecule has 8 aromatic carbocycles. The van der Waals surface area contributed by atoms with Gasteiger partial charge in [0.25, 0.3) is 0 Å². The monoisotopic (exact) mass is 935 g/mol. The van der Waals surface area contributed by atoms with Crippen molar-refractivity contribution in [1.29, 1.82) is 0 Å². The number of hydrogen-bond donors (Lipinski definition) is 1. The average Bonchev–Trinajstić information content (AvgIpc) is 3.96. The predicted molar refractivity (Wildman–Crippen MR) is 309 cm³/mol. The van der Waals surface area contributed by atoms with Gasteiger partial charge in [0.15, 0.2) is 7.28 Å². The van der Waals surface area contributed by atoms with Gasteiger partial charge in [0.1, 0.15) is 0 Å². The number of aromatic nitrogens is 1. The standard InChI is InChI=1S/C69H67BN2/c1-64(2,3)38-22-24-39(25-23-38)71-57-36-52-44(45-33-54-55(35-51(45)69(52,12)13)66(6,7)31-30-65(54,4)5)32-47(57)41-26-27-43-61-58(29-28-50-60(61)42-19-15-17-21-49(42)67(50,8)9)72-59-37-53-46(34-56(59)70-62(41)63(43)72)40-18-14-16-20-48(40)68(53,10)11/h14-29,32-37,70-71H,30-31H2,1-13H3. The van der Waals surface area contributed by atoms with Crippen LogP contribution >= 0.6 is 0 Å². The first-order chi connectivity index (χ1) is 34.1. The van der Waals surface area contributed by atoms with Crippen LogP contribution in [-0.4, -0.2) is 11.8 Å². The Hall–Kier alpha value is -6.58. The molecule has 2 heterocycles. The first kappa shape index (κ1) is 44.2. The zero-order valence-electron chi connectivity index (χ0n) is 44.8. The quantitative estimate of drug-likeness (QED) is 0.175. The molecule has 0 amide bonds. The number of nitrogens with zero attached hydrogens (tertiary/aromatic N) is 1. The third-order valence-electron chi connectivity index (χ3n) is 19.2. The van der Waals surface area contributed by atoms with E-state index in [9.17, 15) is 0 Å². The summed E-state index contributed by atoms with van der Waals surface area (Å²) >= 11 is 0. The van der Waals surface area contributed by atoms with Crippen LogP contribution in [0.15, 0.2) is 133 Å². The fourth-order valence-corrected chi connectivity index (χ4v) is 14.8. The molecular formula is C69H67BN2. The molecule has 0 atom stereocenters. The highest BCUT2D eigenvalue weighted by atomic mass is 15.0. The maximum atomic E-state index is 4.10. The Morgan fingerprint density at radius 2 is 1.06 bits per heavy atom. The second-order valence-electron chi connectivity index (χ2n) is 26.5. The molecule has 2 nitrogen and oxygen atoms in total. The predicted octanol–water partition coefficient (Wildman–Crippen LogP) is 16.5. The van der Waals surface area contributed by atoms with E-state index in [-0.39, 0.29) is 32.5 Å². The summed E-state index contributed by atoms with van der Waals surface area (Å²) < 4.78 is 2.69. The molecule has 72 heavy (non-hydrogen) atoms. The summed E-state index contributed by atoms with van der Waals surface area (Å²) in [5.41, 5.74) is 32.7. The molecule has 9 aromatic rings. The zero-order valence-corrected chi connectivity index (χ0v) is 44.8. The van der Waals surface area contributed by atoms with Crippen molar-refractivity contribution in [2.75, 3.05) is 5.32 Å². The largest absolute Gasteiger partial charge is 0.355 e.